The summed E-state index contributed by atoms with van der Waals surface area (Å²) in [5, 5.41) is 0. The largest absolute Gasteiger partial charge is 0.378 e. The molecule has 0 aromatic carbocycles. The zero-order valence-corrected chi connectivity index (χ0v) is 12.0. The highest BCUT2D eigenvalue weighted by Crippen LogP contribution is 2.50. The van der Waals surface area contributed by atoms with Crippen molar-refractivity contribution in [2.24, 2.45) is 5.41 Å². The molecule has 1 aliphatic carbocycles. The Balaban J connectivity index is 1.58. The highest BCUT2D eigenvalue weighted by Gasteiger charge is 2.48. The van der Waals surface area contributed by atoms with Crippen LogP contribution in [0, 0.1) is 5.41 Å². The van der Waals surface area contributed by atoms with E-state index in [4.69, 9.17) is 4.74 Å². The lowest BCUT2D eigenvalue weighted by Gasteiger charge is -2.38. The number of rotatable bonds is 5. The molecular weight excluding hydrogens is 222 g/mol. The molecular formula is C16H27NO. The van der Waals surface area contributed by atoms with Crippen molar-refractivity contribution in [3.05, 3.63) is 12.2 Å². The van der Waals surface area contributed by atoms with Crippen LogP contribution in [0.5, 0.6) is 0 Å². The predicted molar refractivity (Wildman–Crippen MR) is 74.6 cm³/mol. The van der Waals surface area contributed by atoms with E-state index in [2.05, 4.69) is 25.3 Å². The van der Waals surface area contributed by atoms with Crippen LogP contribution in [0.4, 0.5) is 0 Å². The zero-order valence-electron chi connectivity index (χ0n) is 12.0. The van der Waals surface area contributed by atoms with Gasteiger partial charge in [0.1, 0.15) is 0 Å². The van der Waals surface area contributed by atoms with Gasteiger partial charge >= 0.3 is 0 Å². The van der Waals surface area contributed by atoms with Gasteiger partial charge in [-0.1, -0.05) is 12.2 Å². The molecule has 0 aromatic heterocycles. The summed E-state index contributed by atoms with van der Waals surface area (Å²) in [7, 11) is 0. The Bertz CT molecular complexity index is 316. The molecule has 3 fully saturated rings. The fourth-order valence-corrected chi connectivity index (χ4v) is 3.72. The first-order chi connectivity index (χ1) is 8.58. The molecule has 2 heteroatoms. The molecule has 2 saturated heterocycles. The molecule has 3 rings (SSSR count). The van der Waals surface area contributed by atoms with E-state index >= 15 is 0 Å². The van der Waals surface area contributed by atoms with Gasteiger partial charge in [0, 0.05) is 24.0 Å². The second-order valence-electron chi connectivity index (χ2n) is 7.08. The molecule has 0 N–H and O–H groups in total. The van der Waals surface area contributed by atoms with Gasteiger partial charge in [0.2, 0.25) is 0 Å². The number of hydrogen-bond acceptors (Lipinski definition) is 2. The van der Waals surface area contributed by atoms with Crippen molar-refractivity contribution in [2.45, 2.75) is 70.6 Å². The molecule has 3 aliphatic rings. The molecule has 18 heavy (non-hydrogen) atoms. The summed E-state index contributed by atoms with van der Waals surface area (Å²) in [6.45, 7) is 10.8. The monoisotopic (exact) mass is 249 g/mol. The first-order valence-electron chi connectivity index (χ1n) is 7.62. The Morgan fingerprint density at radius 3 is 2.39 bits per heavy atom. The fourth-order valence-electron chi connectivity index (χ4n) is 3.72. The first kappa shape index (κ1) is 12.7. The smallest absolute Gasteiger partial charge is 0.0538 e. The van der Waals surface area contributed by atoms with Crippen LogP contribution in [0.3, 0.4) is 0 Å². The Hall–Kier alpha value is -0.340. The van der Waals surface area contributed by atoms with Crippen molar-refractivity contribution in [1.82, 2.24) is 4.90 Å². The van der Waals surface area contributed by atoms with Crippen molar-refractivity contribution in [2.75, 3.05) is 13.2 Å². The minimum Gasteiger partial charge on any atom is -0.378 e. The molecule has 0 amide bonds. The van der Waals surface area contributed by atoms with E-state index in [0.29, 0.717) is 11.5 Å². The molecule has 0 radical (unpaired) electrons. The van der Waals surface area contributed by atoms with Gasteiger partial charge in [-0.2, -0.15) is 0 Å². The van der Waals surface area contributed by atoms with Crippen molar-refractivity contribution in [3.8, 4) is 0 Å². The lowest BCUT2D eigenvalue weighted by Crippen LogP contribution is -2.44. The highest BCUT2D eigenvalue weighted by atomic mass is 16.5. The third-order valence-electron chi connectivity index (χ3n) is 5.02. The third kappa shape index (κ3) is 2.50. The molecule has 0 spiro atoms. The third-order valence-corrected chi connectivity index (χ3v) is 5.02. The van der Waals surface area contributed by atoms with Crippen molar-refractivity contribution in [3.63, 3.8) is 0 Å². The van der Waals surface area contributed by atoms with Gasteiger partial charge in [-0.15, -0.1) is 0 Å². The van der Waals surface area contributed by atoms with E-state index in [-0.39, 0.29) is 0 Å². The molecule has 1 saturated carbocycles. The van der Waals surface area contributed by atoms with Crippen LogP contribution >= 0.6 is 0 Å². The maximum atomic E-state index is 5.88. The number of fused-ring (bicyclic) bond motifs is 2. The SMILES string of the molecule is C=C1CC2CCC(C1)N2CC1(COC(C)C)CC1. The summed E-state index contributed by atoms with van der Waals surface area (Å²) in [6.07, 6.45) is 8.40. The molecule has 2 bridgehead atoms. The summed E-state index contributed by atoms with van der Waals surface area (Å²) in [5.41, 5.74) is 1.99. The van der Waals surface area contributed by atoms with Gasteiger partial charge in [0.05, 0.1) is 12.7 Å². The number of nitrogens with zero attached hydrogens (tertiary/aromatic N) is 1. The van der Waals surface area contributed by atoms with E-state index in [1.54, 1.807) is 0 Å². The Kier molecular flexibility index (Phi) is 3.27. The standard InChI is InChI=1S/C16H27NO/c1-12(2)18-11-16(6-7-16)10-17-14-4-5-15(17)9-13(3)8-14/h12,14-15H,3-11H2,1-2H3. The van der Waals surface area contributed by atoms with Crippen LogP contribution in [-0.4, -0.2) is 36.2 Å². The van der Waals surface area contributed by atoms with Gasteiger partial charge in [0.25, 0.3) is 0 Å². The summed E-state index contributed by atoms with van der Waals surface area (Å²) in [5.74, 6) is 0. The average molecular weight is 249 g/mol. The van der Waals surface area contributed by atoms with Crippen LogP contribution < -0.4 is 0 Å². The maximum absolute atomic E-state index is 5.88. The topological polar surface area (TPSA) is 12.5 Å². The lowest BCUT2D eigenvalue weighted by atomic mass is 9.96. The van der Waals surface area contributed by atoms with Gasteiger partial charge in [0.15, 0.2) is 0 Å². The normalized spacial score (nSPS) is 34.3. The summed E-state index contributed by atoms with van der Waals surface area (Å²) in [6, 6.07) is 1.60. The van der Waals surface area contributed by atoms with Gasteiger partial charge in [-0.05, 0) is 52.4 Å². The van der Waals surface area contributed by atoms with Gasteiger partial charge in [-0.25, -0.2) is 0 Å². The molecule has 102 valence electrons. The molecule has 2 unspecified atom stereocenters. The highest BCUT2D eigenvalue weighted by molar-refractivity contribution is 5.12. The van der Waals surface area contributed by atoms with Crippen LogP contribution in [0.25, 0.3) is 0 Å². The summed E-state index contributed by atoms with van der Waals surface area (Å²) >= 11 is 0. The number of piperidine rings is 1. The van der Waals surface area contributed by atoms with E-state index in [1.807, 2.05) is 0 Å². The van der Waals surface area contributed by atoms with Crippen molar-refractivity contribution >= 4 is 0 Å². The van der Waals surface area contributed by atoms with E-state index < -0.39 is 0 Å². The van der Waals surface area contributed by atoms with Crippen molar-refractivity contribution in [1.29, 1.82) is 0 Å². The number of hydrogen-bond donors (Lipinski definition) is 0. The fraction of sp³-hybridized carbons (Fsp3) is 0.875. The van der Waals surface area contributed by atoms with E-state index in [1.165, 1.54) is 50.6 Å². The Morgan fingerprint density at radius 1 is 1.28 bits per heavy atom. The van der Waals surface area contributed by atoms with Crippen LogP contribution in [0.1, 0.15) is 52.4 Å². The maximum Gasteiger partial charge on any atom is 0.0538 e. The van der Waals surface area contributed by atoms with Gasteiger partial charge in [-0.3, -0.25) is 4.90 Å². The predicted octanol–water partition coefficient (Wildman–Crippen LogP) is 3.37. The molecule has 0 aromatic rings. The molecule has 2 aliphatic heterocycles. The second-order valence-corrected chi connectivity index (χ2v) is 7.08. The van der Waals surface area contributed by atoms with Gasteiger partial charge < -0.3 is 4.74 Å². The summed E-state index contributed by atoms with van der Waals surface area (Å²) < 4.78 is 5.88. The minimum atomic E-state index is 0.375. The Morgan fingerprint density at radius 2 is 1.89 bits per heavy atom. The minimum absolute atomic E-state index is 0.375. The van der Waals surface area contributed by atoms with E-state index in [9.17, 15) is 0 Å². The lowest BCUT2D eigenvalue weighted by molar-refractivity contribution is 0.0212. The van der Waals surface area contributed by atoms with E-state index in [0.717, 1.165) is 18.7 Å². The van der Waals surface area contributed by atoms with Crippen LogP contribution in [0.2, 0.25) is 0 Å². The first-order valence-corrected chi connectivity index (χ1v) is 7.62. The van der Waals surface area contributed by atoms with Crippen molar-refractivity contribution < 1.29 is 4.74 Å². The quantitative estimate of drug-likeness (QED) is 0.693. The second kappa shape index (κ2) is 4.64. The van der Waals surface area contributed by atoms with Crippen LogP contribution in [-0.2, 0) is 4.74 Å². The zero-order chi connectivity index (χ0) is 12.8. The molecule has 2 atom stereocenters. The Labute approximate surface area is 111 Å². The molecule has 2 heterocycles. The molecule has 2 nitrogen and oxygen atoms in total. The summed E-state index contributed by atoms with van der Waals surface area (Å²) in [4.78, 5) is 2.80. The average Bonchev–Trinajstić information content (AvgIpc) is 3.02. The number of ether oxygens (including phenoxy) is 1. The van der Waals surface area contributed by atoms with Crippen LogP contribution in [0.15, 0.2) is 12.2 Å².